The van der Waals surface area contributed by atoms with Gasteiger partial charge in [-0.15, -0.1) is 0 Å². The van der Waals surface area contributed by atoms with E-state index in [1.165, 1.54) is 0 Å². The molecule has 0 rings (SSSR count). The highest BCUT2D eigenvalue weighted by Crippen LogP contribution is 1.90. The van der Waals surface area contributed by atoms with Gasteiger partial charge in [0.05, 0.1) is 6.67 Å². The van der Waals surface area contributed by atoms with Crippen LogP contribution >= 0.6 is 0 Å². The van der Waals surface area contributed by atoms with Gasteiger partial charge >= 0.3 is 0 Å². The average molecular weight is 167 g/mol. The minimum absolute atomic E-state index is 0.0413. The first-order valence-corrected chi connectivity index (χ1v) is 4.82. The van der Waals surface area contributed by atoms with Crippen LogP contribution in [0.15, 0.2) is 0 Å². The van der Waals surface area contributed by atoms with Crippen molar-refractivity contribution >= 4 is 10.8 Å². The van der Waals surface area contributed by atoms with Gasteiger partial charge in [-0.1, -0.05) is 0 Å². The molecule has 2 nitrogen and oxygen atoms in total. The van der Waals surface area contributed by atoms with Gasteiger partial charge in [0.25, 0.3) is 0 Å². The molecular weight excluding hydrogens is 153 g/mol. The number of hydrogen-bond donors (Lipinski definition) is 1. The van der Waals surface area contributed by atoms with E-state index in [9.17, 15) is 8.60 Å². The second kappa shape index (κ2) is 5.80. The lowest BCUT2D eigenvalue weighted by Gasteiger charge is -2.02. The Kier molecular flexibility index (Phi) is 5.82. The predicted molar refractivity (Wildman–Crippen MR) is 42.1 cm³/mol. The molecule has 2 unspecified atom stereocenters. The normalized spacial score (nSPS) is 16.7. The molecule has 0 aromatic heterocycles. The third-order valence-corrected chi connectivity index (χ3v) is 2.60. The van der Waals surface area contributed by atoms with Crippen molar-refractivity contribution in [2.24, 2.45) is 5.73 Å². The maximum Gasteiger partial charge on any atom is 0.0903 e. The summed E-state index contributed by atoms with van der Waals surface area (Å²) in [6, 6.07) is -0.0413. The molecule has 0 bridgehead atoms. The number of alkyl halides is 1. The molecular formula is C6H14FNOS. The maximum absolute atomic E-state index is 11.5. The summed E-state index contributed by atoms with van der Waals surface area (Å²) < 4.78 is 22.4. The molecule has 0 fully saturated rings. The molecule has 2 atom stereocenters. The van der Waals surface area contributed by atoms with Crippen LogP contribution in [-0.4, -0.2) is 28.4 Å². The van der Waals surface area contributed by atoms with E-state index < -0.39 is 10.8 Å². The van der Waals surface area contributed by atoms with E-state index in [1.807, 2.05) is 0 Å². The number of rotatable bonds is 5. The van der Waals surface area contributed by atoms with Gasteiger partial charge in [-0.25, -0.2) is 0 Å². The van der Waals surface area contributed by atoms with Crippen molar-refractivity contribution in [3.63, 3.8) is 0 Å². The molecule has 0 aliphatic rings. The van der Waals surface area contributed by atoms with Crippen LogP contribution in [0.3, 0.4) is 0 Å². The van der Waals surface area contributed by atoms with Crippen molar-refractivity contribution < 1.29 is 8.60 Å². The van der Waals surface area contributed by atoms with Crippen LogP contribution in [-0.2, 0) is 10.8 Å². The van der Waals surface area contributed by atoms with Crippen molar-refractivity contribution in [3.05, 3.63) is 0 Å². The molecule has 0 heterocycles. The summed E-state index contributed by atoms with van der Waals surface area (Å²) in [6.45, 7) is 1.41. The van der Waals surface area contributed by atoms with Crippen LogP contribution in [0.2, 0.25) is 0 Å². The Bertz CT molecular complexity index is 108. The summed E-state index contributed by atoms with van der Waals surface area (Å²) in [4.78, 5) is 0. The van der Waals surface area contributed by atoms with Crippen molar-refractivity contribution in [2.75, 3.05) is 18.2 Å². The first-order valence-electron chi connectivity index (χ1n) is 3.33. The van der Waals surface area contributed by atoms with Crippen LogP contribution in [0, 0.1) is 0 Å². The van der Waals surface area contributed by atoms with Gasteiger partial charge in [0.15, 0.2) is 0 Å². The maximum atomic E-state index is 11.5. The molecule has 0 aromatic carbocycles. The molecule has 0 spiro atoms. The van der Waals surface area contributed by atoms with Gasteiger partial charge < -0.3 is 5.73 Å². The molecule has 2 N–H and O–H groups in total. The standard InChI is InChI=1S/C6H14FNOS/c1-6(8)5-10(9)4-2-3-7/h6H,2-5,8H2,1H3. The van der Waals surface area contributed by atoms with Crippen LogP contribution in [0.5, 0.6) is 0 Å². The quantitative estimate of drug-likeness (QED) is 0.645. The Morgan fingerprint density at radius 1 is 1.70 bits per heavy atom. The highest BCUT2D eigenvalue weighted by Gasteiger charge is 2.01. The predicted octanol–water partition coefficient (Wildman–Crippen LogP) is 0.442. The van der Waals surface area contributed by atoms with Crippen LogP contribution in [0.25, 0.3) is 0 Å². The van der Waals surface area contributed by atoms with E-state index in [-0.39, 0.29) is 12.7 Å². The molecule has 0 saturated carbocycles. The van der Waals surface area contributed by atoms with Crippen LogP contribution in [0.4, 0.5) is 4.39 Å². The zero-order chi connectivity index (χ0) is 7.98. The zero-order valence-electron chi connectivity index (χ0n) is 6.18. The smallest absolute Gasteiger partial charge is 0.0903 e. The fraction of sp³-hybridized carbons (Fsp3) is 1.00. The van der Waals surface area contributed by atoms with E-state index in [2.05, 4.69) is 0 Å². The molecule has 10 heavy (non-hydrogen) atoms. The first-order chi connectivity index (χ1) is 4.66. The fourth-order valence-electron chi connectivity index (χ4n) is 0.592. The zero-order valence-corrected chi connectivity index (χ0v) is 6.99. The van der Waals surface area contributed by atoms with Crippen molar-refractivity contribution in [3.8, 4) is 0 Å². The monoisotopic (exact) mass is 167 g/mol. The van der Waals surface area contributed by atoms with Gasteiger partial charge in [-0.3, -0.25) is 8.60 Å². The molecule has 0 radical (unpaired) electrons. The van der Waals surface area contributed by atoms with E-state index >= 15 is 0 Å². The van der Waals surface area contributed by atoms with Crippen molar-refractivity contribution in [1.29, 1.82) is 0 Å². The summed E-state index contributed by atoms with van der Waals surface area (Å²) >= 11 is 0. The van der Waals surface area contributed by atoms with E-state index in [0.29, 0.717) is 17.9 Å². The Morgan fingerprint density at radius 2 is 2.30 bits per heavy atom. The molecule has 0 amide bonds. The minimum Gasteiger partial charge on any atom is -0.327 e. The van der Waals surface area contributed by atoms with Gasteiger partial charge in [0, 0.05) is 28.3 Å². The summed E-state index contributed by atoms with van der Waals surface area (Å²) in [7, 11) is -0.915. The fourth-order valence-corrected chi connectivity index (χ4v) is 1.78. The highest BCUT2D eigenvalue weighted by atomic mass is 32.2. The average Bonchev–Trinajstić information content (AvgIpc) is 1.82. The SMILES string of the molecule is CC(N)CS(=O)CCCF. The Morgan fingerprint density at radius 3 is 2.70 bits per heavy atom. The second-order valence-electron chi connectivity index (χ2n) is 2.33. The molecule has 4 heteroatoms. The second-order valence-corrected chi connectivity index (χ2v) is 3.95. The topological polar surface area (TPSA) is 43.1 Å². The lowest BCUT2D eigenvalue weighted by molar-refractivity contribution is 0.487. The number of halogens is 1. The Hall–Kier alpha value is 0.0400. The third kappa shape index (κ3) is 6.16. The summed E-state index contributed by atoms with van der Waals surface area (Å²) in [5, 5.41) is 0. The van der Waals surface area contributed by atoms with E-state index in [4.69, 9.17) is 5.73 Å². The number of nitrogens with two attached hydrogens (primary N) is 1. The van der Waals surface area contributed by atoms with Crippen LogP contribution < -0.4 is 5.73 Å². The van der Waals surface area contributed by atoms with Gasteiger partial charge in [0.2, 0.25) is 0 Å². The largest absolute Gasteiger partial charge is 0.327 e. The van der Waals surface area contributed by atoms with E-state index in [0.717, 1.165) is 0 Å². The van der Waals surface area contributed by atoms with Gasteiger partial charge in [-0.05, 0) is 13.3 Å². The summed E-state index contributed by atoms with van der Waals surface area (Å²) in [6.07, 6.45) is 0.388. The van der Waals surface area contributed by atoms with Crippen LogP contribution in [0.1, 0.15) is 13.3 Å². The highest BCUT2D eigenvalue weighted by molar-refractivity contribution is 7.85. The lowest BCUT2D eigenvalue weighted by Crippen LogP contribution is -2.24. The van der Waals surface area contributed by atoms with E-state index in [1.54, 1.807) is 6.92 Å². The number of hydrogen-bond acceptors (Lipinski definition) is 2. The van der Waals surface area contributed by atoms with Gasteiger partial charge in [-0.2, -0.15) is 0 Å². The molecule has 0 aromatic rings. The summed E-state index contributed by atoms with van der Waals surface area (Å²) in [5.74, 6) is 0.929. The minimum atomic E-state index is -0.915. The van der Waals surface area contributed by atoms with Crippen molar-refractivity contribution in [1.82, 2.24) is 0 Å². The van der Waals surface area contributed by atoms with Gasteiger partial charge in [0.1, 0.15) is 0 Å². The Balaban J connectivity index is 3.26. The Labute approximate surface area is 63.4 Å². The summed E-state index contributed by atoms with van der Waals surface area (Å²) in [5.41, 5.74) is 5.38. The molecule has 0 aliphatic heterocycles. The molecule has 0 aliphatic carbocycles. The molecule has 0 saturated heterocycles. The first kappa shape index (κ1) is 10.0. The molecule has 62 valence electrons. The lowest BCUT2D eigenvalue weighted by atomic mass is 10.4. The third-order valence-electron chi connectivity index (χ3n) is 0.954. The van der Waals surface area contributed by atoms with Crippen molar-refractivity contribution in [2.45, 2.75) is 19.4 Å².